The summed E-state index contributed by atoms with van der Waals surface area (Å²) in [7, 11) is 0. The number of nitrogens with two attached hydrogens (primary N) is 1. The molecule has 0 saturated carbocycles. The molecule has 1 aromatic carbocycles. The lowest BCUT2D eigenvalue weighted by Crippen LogP contribution is -2.59. The molecule has 1 fully saturated rings. The van der Waals surface area contributed by atoms with Crippen molar-refractivity contribution >= 4 is 23.1 Å². The standard InChI is InChI=1S/C16H23N3OS/c1-12-4-6-13(7-5-12)14(20)18-8-10-19(11-9-18)16(2,3)15(17)21/h4-7H,8-11H2,1-3H3,(H2,17,21). The van der Waals surface area contributed by atoms with Gasteiger partial charge in [0.2, 0.25) is 0 Å². The van der Waals surface area contributed by atoms with Crippen LogP contribution in [0.5, 0.6) is 0 Å². The number of carbonyl (C=O) groups excluding carboxylic acids is 1. The largest absolute Gasteiger partial charge is 0.392 e. The Morgan fingerprint density at radius 1 is 1.14 bits per heavy atom. The van der Waals surface area contributed by atoms with Gasteiger partial charge in [0, 0.05) is 31.7 Å². The lowest BCUT2D eigenvalue weighted by Gasteiger charge is -2.43. The average molecular weight is 305 g/mol. The summed E-state index contributed by atoms with van der Waals surface area (Å²) in [6, 6.07) is 7.73. The molecule has 5 heteroatoms. The van der Waals surface area contributed by atoms with Gasteiger partial charge in [-0.05, 0) is 32.9 Å². The highest BCUT2D eigenvalue weighted by atomic mass is 32.1. The molecule has 0 unspecified atom stereocenters. The molecule has 2 N–H and O–H groups in total. The minimum atomic E-state index is -0.297. The van der Waals surface area contributed by atoms with Crippen molar-refractivity contribution in [3.05, 3.63) is 35.4 Å². The highest BCUT2D eigenvalue weighted by Crippen LogP contribution is 2.18. The molecular formula is C16H23N3OS. The fourth-order valence-electron chi connectivity index (χ4n) is 2.50. The van der Waals surface area contributed by atoms with Gasteiger partial charge in [-0.3, -0.25) is 9.69 Å². The van der Waals surface area contributed by atoms with E-state index in [0.717, 1.165) is 24.2 Å². The van der Waals surface area contributed by atoms with Crippen LogP contribution in [0.25, 0.3) is 0 Å². The zero-order valence-corrected chi connectivity index (χ0v) is 13.7. The van der Waals surface area contributed by atoms with Crippen LogP contribution in [0.15, 0.2) is 24.3 Å². The topological polar surface area (TPSA) is 49.6 Å². The smallest absolute Gasteiger partial charge is 0.253 e. The third kappa shape index (κ3) is 3.41. The molecule has 1 amide bonds. The summed E-state index contributed by atoms with van der Waals surface area (Å²) < 4.78 is 0. The number of amides is 1. The summed E-state index contributed by atoms with van der Waals surface area (Å²) in [5.41, 5.74) is 7.43. The Kier molecular flexibility index (Phi) is 4.64. The number of nitrogens with zero attached hydrogens (tertiary/aromatic N) is 2. The van der Waals surface area contributed by atoms with Gasteiger partial charge in [0.25, 0.3) is 5.91 Å². The Labute approximate surface area is 131 Å². The maximum absolute atomic E-state index is 12.5. The number of benzene rings is 1. The van der Waals surface area contributed by atoms with E-state index in [1.165, 1.54) is 0 Å². The van der Waals surface area contributed by atoms with Gasteiger partial charge >= 0.3 is 0 Å². The number of rotatable bonds is 3. The van der Waals surface area contributed by atoms with Crippen molar-refractivity contribution in [3.8, 4) is 0 Å². The first kappa shape index (κ1) is 15.9. The summed E-state index contributed by atoms with van der Waals surface area (Å²) >= 11 is 5.14. The second-order valence-corrected chi connectivity index (χ2v) is 6.51. The predicted octanol–water partition coefficient (Wildman–Crippen LogP) is 1.82. The molecule has 0 aliphatic carbocycles. The van der Waals surface area contributed by atoms with Crippen LogP contribution in [-0.4, -0.2) is 52.4 Å². The summed E-state index contributed by atoms with van der Waals surface area (Å²) in [5, 5.41) is 0. The third-order valence-corrected chi connectivity index (χ3v) is 4.76. The number of piperazine rings is 1. The van der Waals surface area contributed by atoms with Gasteiger partial charge < -0.3 is 10.6 Å². The molecule has 1 saturated heterocycles. The summed E-state index contributed by atoms with van der Waals surface area (Å²) in [6.07, 6.45) is 0. The van der Waals surface area contributed by atoms with Gasteiger partial charge in [-0.15, -0.1) is 0 Å². The molecule has 4 nitrogen and oxygen atoms in total. The first-order valence-corrected chi connectivity index (χ1v) is 7.64. The van der Waals surface area contributed by atoms with Crippen molar-refractivity contribution < 1.29 is 4.79 Å². The van der Waals surface area contributed by atoms with Crippen LogP contribution in [0.3, 0.4) is 0 Å². The lowest BCUT2D eigenvalue weighted by atomic mass is 10.0. The summed E-state index contributed by atoms with van der Waals surface area (Å²) in [6.45, 7) is 9.09. The Hall–Kier alpha value is -1.46. The first-order chi connectivity index (χ1) is 9.82. The van der Waals surface area contributed by atoms with Gasteiger partial charge in [0.05, 0.1) is 10.5 Å². The molecule has 114 valence electrons. The van der Waals surface area contributed by atoms with Crippen LogP contribution in [-0.2, 0) is 0 Å². The molecule has 21 heavy (non-hydrogen) atoms. The number of thiocarbonyl (C=S) groups is 1. The first-order valence-electron chi connectivity index (χ1n) is 7.23. The quantitative estimate of drug-likeness (QED) is 0.866. The molecule has 1 heterocycles. The Bertz CT molecular complexity index is 531. The molecule has 1 aliphatic heterocycles. The van der Waals surface area contributed by atoms with Crippen LogP contribution in [0.4, 0.5) is 0 Å². The molecule has 1 aliphatic rings. The van der Waals surface area contributed by atoms with E-state index in [2.05, 4.69) is 4.90 Å². The van der Waals surface area contributed by atoms with E-state index < -0.39 is 0 Å². The normalized spacial score (nSPS) is 16.8. The number of carbonyl (C=O) groups is 1. The van der Waals surface area contributed by atoms with Gasteiger partial charge in [0.1, 0.15) is 0 Å². The SMILES string of the molecule is Cc1ccc(C(=O)N2CCN(C(C)(C)C(N)=S)CC2)cc1. The van der Waals surface area contributed by atoms with E-state index in [0.29, 0.717) is 18.1 Å². The van der Waals surface area contributed by atoms with E-state index in [1.807, 2.05) is 49.9 Å². The van der Waals surface area contributed by atoms with Gasteiger partial charge in [-0.25, -0.2) is 0 Å². The zero-order chi connectivity index (χ0) is 15.6. The maximum Gasteiger partial charge on any atom is 0.253 e. The molecule has 0 bridgehead atoms. The van der Waals surface area contributed by atoms with E-state index in [1.54, 1.807) is 0 Å². The Balaban J connectivity index is 1.99. The average Bonchev–Trinajstić information content (AvgIpc) is 2.47. The number of aryl methyl sites for hydroxylation is 1. The second kappa shape index (κ2) is 6.12. The van der Waals surface area contributed by atoms with Crippen LogP contribution >= 0.6 is 12.2 Å². The second-order valence-electron chi connectivity index (χ2n) is 6.07. The van der Waals surface area contributed by atoms with Crippen molar-refractivity contribution in [3.63, 3.8) is 0 Å². The van der Waals surface area contributed by atoms with Gasteiger partial charge in [-0.2, -0.15) is 0 Å². The van der Waals surface area contributed by atoms with E-state index >= 15 is 0 Å². The molecule has 2 rings (SSSR count). The molecule has 0 aromatic heterocycles. The number of hydrogen-bond donors (Lipinski definition) is 1. The van der Waals surface area contributed by atoms with Crippen molar-refractivity contribution in [1.82, 2.24) is 9.80 Å². The fraction of sp³-hybridized carbons (Fsp3) is 0.500. The van der Waals surface area contributed by atoms with Crippen LogP contribution in [0.2, 0.25) is 0 Å². The van der Waals surface area contributed by atoms with Gasteiger partial charge in [-0.1, -0.05) is 29.9 Å². The molecule has 0 radical (unpaired) electrons. The van der Waals surface area contributed by atoms with Crippen molar-refractivity contribution in [2.24, 2.45) is 5.73 Å². The van der Waals surface area contributed by atoms with Crippen molar-refractivity contribution in [1.29, 1.82) is 0 Å². The predicted molar refractivity (Wildman–Crippen MR) is 89.5 cm³/mol. The maximum atomic E-state index is 12.5. The monoisotopic (exact) mass is 305 g/mol. The Morgan fingerprint density at radius 3 is 2.14 bits per heavy atom. The van der Waals surface area contributed by atoms with Crippen LogP contribution in [0, 0.1) is 6.92 Å². The summed E-state index contributed by atoms with van der Waals surface area (Å²) in [5.74, 6) is 0.0998. The van der Waals surface area contributed by atoms with Crippen molar-refractivity contribution in [2.45, 2.75) is 26.3 Å². The lowest BCUT2D eigenvalue weighted by molar-refractivity contribution is 0.0539. The van der Waals surface area contributed by atoms with Crippen LogP contribution < -0.4 is 5.73 Å². The highest BCUT2D eigenvalue weighted by molar-refractivity contribution is 7.80. The van der Waals surface area contributed by atoms with Crippen LogP contribution in [0.1, 0.15) is 29.8 Å². The highest BCUT2D eigenvalue weighted by Gasteiger charge is 2.33. The third-order valence-electron chi connectivity index (χ3n) is 4.26. The minimum absolute atomic E-state index is 0.0998. The van der Waals surface area contributed by atoms with Crippen molar-refractivity contribution in [2.75, 3.05) is 26.2 Å². The number of hydrogen-bond acceptors (Lipinski definition) is 3. The molecule has 0 spiro atoms. The molecular weight excluding hydrogens is 282 g/mol. The molecule has 0 atom stereocenters. The minimum Gasteiger partial charge on any atom is -0.392 e. The molecule has 1 aromatic rings. The Morgan fingerprint density at radius 2 is 1.67 bits per heavy atom. The van der Waals surface area contributed by atoms with Gasteiger partial charge in [0.15, 0.2) is 0 Å². The zero-order valence-electron chi connectivity index (χ0n) is 12.9. The fourth-order valence-corrected chi connectivity index (χ4v) is 2.63. The van der Waals surface area contributed by atoms with E-state index in [4.69, 9.17) is 18.0 Å². The van der Waals surface area contributed by atoms with E-state index in [9.17, 15) is 4.79 Å². The summed E-state index contributed by atoms with van der Waals surface area (Å²) in [4.78, 5) is 17.1. The van der Waals surface area contributed by atoms with E-state index in [-0.39, 0.29) is 11.4 Å².